The van der Waals surface area contributed by atoms with Gasteiger partial charge in [0.05, 0.1) is 28.1 Å². The summed E-state index contributed by atoms with van der Waals surface area (Å²) in [5, 5.41) is 28.3. The number of benzene rings is 1. The van der Waals surface area contributed by atoms with Crippen LogP contribution in [-0.2, 0) is 15.7 Å². The Morgan fingerprint density at radius 1 is 1.08 bits per heavy atom. The monoisotopic (exact) mass is 488 g/mol. The molecule has 134 valence electrons. The fraction of sp³-hybridized carbons (Fsp3) is 0.455. The molecular weight excluding hydrogens is 475 g/mol. The zero-order chi connectivity index (χ0) is 18.2. The van der Waals surface area contributed by atoms with Gasteiger partial charge in [0.1, 0.15) is 0 Å². The van der Waals surface area contributed by atoms with Crippen LogP contribution in [0.4, 0.5) is 11.4 Å². The predicted octanol–water partition coefficient (Wildman–Crippen LogP) is 3.10. The fourth-order valence-electron chi connectivity index (χ4n) is 1.64. The molecule has 0 aromatic heterocycles. The summed E-state index contributed by atoms with van der Waals surface area (Å²) < 4.78 is 17.9. The Morgan fingerprint density at radius 2 is 1.67 bits per heavy atom. The molecule has 10 nitrogen and oxygen atoms in total. The summed E-state index contributed by atoms with van der Waals surface area (Å²) in [7, 11) is -3.42. The molecule has 0 saturated heterocycles. The Labute approximate surface area is 154 Å². The average Bonchev–Trinajstić information content (AvgIpc) is 2.56. The molecule has 0 saturated carbocycles. The number of alkyl halides is 2. The Morgan fingerprint density at radius 3 is 2.12 bits per heavy atom. The van der Waals surface area contributed by atoms with Crippen molar-refractivity contribution in [2.24, 2.45) is 0 Å². The second-order valence-corrected chi connectivity index (χ2v) is 7.93. The summed E-state index contributed by atoms with van der Waals surface area (Å²) in [5.41, 5.74) is -0.771. The zero-order valence-electron chi connectivity index (χ0n) is 12.3. The Balaban J connectivity index is 2.95. The molecule has 2 N–H and O–H groups in total. The molecule has 0 amide bonds. The second-order valence-electron chi connectivity index (χ2n) is 4.35. The van der Waals surface area contributed by atoms with Gasteiger partial charge in [-0.15, -0.1) is 0 Å². The van der Waals surface area contributed by atoms with Gasteiger partial charge in [0.2, 0.25) is 0 Å². The van der Waals surface area contributed by atoms with Gasteiger partial charge in [-0.1, -0.05) is 31.9 Å². The van der Waals surface area contributed by atoms with Gasteiger partial charge in [0, 0.05) is 29.8 Å². The van der Waals surface area contributed by atoms with Crippen molar-refractivity contribution < 1.29 is 18.9 Å². The minimum Gasteiger partial charge on any atom is -0.301 e. The van der Waals surface area contributed by atoms with E-state index in [1.807, 2.05) is 0 Å². The van der Waals surface area contributed by atoms with Crippen LogP contribution in [0.15, 0.2) is 18.2 Å². The number of halogens is 2. The van der Waals surface area contributed by atoms with Crippen LogP contribution in [0, 0.1) is 20.2 Å². The van der Waals surface area contributed by atoms with E-state index < -0.39 is 28.9 Å². The lowest BCUT2D eigenvalue weighted by Gasteiger charge is -2.19. The first-order valence-electron chi connectivity index (χ1n) is 6.61. The highest BCUT2D eigenvalue weighted by atomic mass is 79.9. The highest BCUT2D eigenvalue weighted by molar-refractivity contribution is 9.09. The third-order valence-electron chi connectivity index (χ3n) is 2.71. The molecule has 0 aliphatic heterocycles. The minimum absolute atomic E-state index is 0.0899. The first-order valence-corrected chi connectivity index (χ1v) is 10.5. The maximum Gasteiger partial charge on any atom is 0.341 e. The van der Waals surface area contributed by atoms with E-state index in [1.165, 1.54) is 6.07 Å². The molecule has 0 bridgehead atoms. The lowest BCUT2D eigenvalue weighted by molar-refractivity contribution is -0.394. The molecule has 0 aliphatic carbocycles. The molecule has 1 aromatic rings. The van der Waals surface area contributed by atoms with Gasteiger partial charge in [-0.05, 0) is 6.07 Å². The number of non-ortho nitro benzene ring substituents is 1. The smallest absolute Gasteiger partial charge is 0.301 e. The number of nitrogens with one attached hydrogen (secondary N) is 2. The van der Waals surface area contributed by atoms with Crippen molar-refractivity contribution in [3.8, 4) is 0 Å². The van der Waals surface area contributed by atoms with Gasteiger partial charge in [-0.25, -0.2) is 10.2 Å². The third kappa shape index (κ3) is 6.54. The molecule has 1 aromatic carbocycles. The van der Waals surface area contributed by atoms with Gasteiger partial charge in [-0.2, -0.15) is 0 Å². The van der Waals surface area contributed by atoms with Crippen LogP contribution in [0.2, 0.25) is 0 Å². The molecule has 0 atom stereocenters. The van der Waals surface area contributed by atoms with E-state index in [-0.39, 0.29) is 12.2 Å². The summed E-state index contributed by atoms with van der Waals surface area (Å²) in [6, 6.07) is 3.20. The van der Waals surface area contributed by atoms with E-state index in [4.69, 9.17) is 4.52 Å². The molecule has 0 aliphatic rings. The third-order valence-corrected chi connectivity index (χ3v) is 5.27. The van der Waals surface area contributed by atoms with Crippen molar-refractivity contribution in [2.45, 2.75) is 6.61 Å². The number of nitro benzene ring substituents is 2. The summed E-state index contributed by atoms with van der Waals surface area (Å²) >= 11 is 6.38. The molecule has 13 heteroatoms. The number of hydrogen-bond acceptors (Lipinski definition) is 6. The van der Waals surface area contributed by atoms with Crippen molar-refractivity contribution in [3.63, 3.8) is 0 Å². The maximum absolute atomic E-state index is 12.6. The number of nitrogens with zero attached hydrogens (tertiary/aromatic N) is 2. The topological polar surface area (TPSA) is 137 Å². The molecule has 0 fully saturated rings. The molecular formula is C11H15Br2N4O6P. The SMILES string of the molecule is O=[N+]([O-])c1ccc(COP(=O)(NCCBr)NCCBr)c([N+](=O)[O-])c1. The minimum atomic E-state index is -3.42. The van der Waals surface area contributed by atoms with Crippen LogP contribution in [0.25, 0.3) is 0 Å². The van der Waals surface area contributed by atoms with Crippen molar-refractivity contribution in [3.05, 3.63) is 44.0 Å². The predicted molar refractivity (Wildman–Crippen MR) is 95.7 cm³/mol. The highest BCUT2D eigenvalue weighted by Gasteiger charge is 2.25. The molecule has 0 heterocycles. The van der Waals surface area contributed by atoms with Crippen LogP contribution in [0.1, 0.15) is 5.56 Å². The largest absolute Gasteiger partial charge is 0.341 e. The van der Waals surface area contributed by atoms with E-state index in [0.29, 0.717) is 23.7 Å². The van der Waals surface area contributed by atoms with Crippen LogP contribution in [-0.4, -0.2) is 33.6 Å². The lowest BCUT2D eigenvalue weighted by atomic mass is 10.2. The quantitative estimate of drug-likeness (QED) is 0.209. The van der Waals surface area contributed by atoms with E-state index in [9.17, 15) is 24.8 Å². The highest BCUT2D eigenvalue weighted by Crippen LogP contribution is 2.39. The zero-order valence-corrected chi connectivity index (χ0v) is 16.4. The number of rotatable bonds is 11. The number of hydrogen-bond donors (Lipinski definition) is 2. The molecule has 0 radical (unpaired) electrons. The van der Waals surface area contributed by atoms with E-state index in [0.717, 1.165) is 12.1 Å². The Hall–Kier alpha value is -0.910. The molecule has 24 heavy (non-hydrogen) atoms. The summed E-state index contributed by atoms with van der Waals surface area (Å²) in [5.74, 6) is 0. The first-order chi connectivity index (χ1) is 11.3. The van der Waals surface area contributed by atoms with Crippen molar-refractivity contribution >= 4 is 50.9 Å². The maximum atomic E-state index is 12.6. The summed E-state index contributed by atoms with van der Waals surface area (Å²) in [4.78, 5) is 20.3. The van der Waals surface area contributed by atoms with Gasteiger partial charge in [-0.3, -0.25) is 24.8 Å². The van der Waals surface area contributed by atoms with Crippen LogP contribution < -0.4 is 10.2 Å². The normalized spacial score (nSPS) is 11.4. The summed E-state index contributed by atoms with van der Waals surface area (Å²) in [6.07, 6.45) is 0. The molecule has 0 spiro atoms. The van der Waals surface area contributed by atoms with Crippen molar-refractivity contribution in [1.82, 2.24) is 10.2 Å². The van der Waals surface area contributed by atoms with Gasteiger partial charge >= 0.3 is 7.67 Å². The Bertz CT molecular complexity index is 635. The van der Waals surface area contributed by atoms with Crippen LogP contribution >= 0.6 is 39.5 Å². The van der Waals surface area contributed by atoms with E-state index in [2.05, 4.69) is 42.0 Å². The van der Waals surface area contributed by atoms with E-state index >= 15 is 0 Å². The molecule has 1 rings (SSSR count). The summed E-state index contributed by atoms with van der Waals surface area (Å²) in [6.45, 7) is 0.375. The van der Waals surface area contributed by atoms with Crippen LogP contribution in [0.3, 0.4) is 0 Å². The molecule has 0 unspecified atom stereocenters. The van der Waals surface area contributed by atoms with Crippen LogP contribution in [0.5, 0.6) is 0 Å². The average molecular weight is 490 g/mol. The fourth-order valence-corrected chi connectivity index (χ4v) is 4.08. The Kier molecular flexibility index (Phi) is 8.95. The lowest BCUT2D eigenvalue weighted by Crippen LogP contribution is -2.27. The first kappa shape index (κ1) is 21.1. The standard InChI is InChI=1S/C11H15Br2N4O6P/c12-3-5-14-24(22,15-6-4-13)23-8-9-1-2-10(16(18)19)7-11(9)17(20)21/h1-2,7H,3-6,8H2,(H2,14,15,22). The van der Waals surface area contributed by atoms with Gasteiger partial charge < -0.3 is 4.52 Å². The number of nitro groups is 2. The van der Waals surface area contributed by atoms with Crippen molar-refractivity contribution in [2.75, 3.05) is 23.7 Å². The van der Waals surface area contributed by atoms with Crippen molar-refractivity contribution in [1.29, 1.82) is 0 Å². The van der Waals surface area contributed by atoms with E-state index in [1.54, 1.807) is 0 Å². The second kappa shape index (κ2) is 10.2. The van der Waals surface area contributed by atoms with Gasteiger partial charge in [0.15, 0.2) is 0 Å². The van der Waals surface area contributed by atoms with Gasteiger partial charge in [0.25, 0.3) is 11.4 Å².